The molecule has 1 heterocycles. The molecule has 0 unspecified atom stereocenters. The van der Waals surface area contributed by atoms with E-state index in [2.05, 4.69) is 34.3 Å². The van der Waals surface area contributed by atoms with Gasteiger partial charge in [-0.15, -0.1) is 0 Å². The highest BCUT2D eigenvalue weighted by atomic mass is 16.2. The second-order valence-corrected chi connectivity index (χ2v) is 6.36. The predicted octanol–water partition coefficient (Wildman–Crippen LogP) is 3.40. The molecular formula is C18H19N3O. The minimum Gasteiger partial charge on any atom is -0.309 e. The molecule has 2 atom stereocenters. The van der Waals surface area contributed by atoms with Gasteiger partial charge in [0.05, 0.1) is 5.69 Å². The molecule has 1 aromatic heterocycles. The van der Waals surface area contributed by atoms with E-state index in [0.29, 0.717) is 17.7 Å². The van der Waals surface area contributed by atoms with Gasteiger partial charge in [-0.25, -0.2) is 4.98 Å². The van der Waals surface area contributed by atoms with Gasteiger partial charge in [0.25, 0.3) is 0 Å². The number of rotatable bonds is 4. The van der Waals surface area contributed by atoms with E-state index in [0.717, 1.165) is 25.0 Å². The fraction of sp³-hybridized carbons (Fsp3) is 0.389. The average Bonchev–Trinajstić information content (AvgIpc) is 3.41. The molecule has 2 fully saturated rings. The van der Waals surface area contributed by atoms with Gasteiger partial charge in [0.1, 0.15) is 0 Å². The highest BCUT2D eigenvalue weighted by molar-refractivity contribution is 5.95. The van der Waals surface area contributed by atoms with Crippen LogP contribution in [0.2, 0.25) is 0 Å². The number of anilines is 1. The molecule has 4 rings (SSSR count). The number of nitrogens with one attached hydrogen (secondary N) is 1. The number of carbonyl (C=O) groups excluding carboxylic acids is 1. The van der Waals surface area contributed by atoms with Crippen LogP contribution in [-0.4, -0.2) is 15.9 Å². The van der Waals surface area contributed by atoms with Crippen molar-refractivity contribution in [2.45, 2.75) is 38.0 Å². The van der Waals surface area contributed by atoms with Crippen LogP contribution in [0.15, 0.2) is 36.7 Å². The normalized spacial score (nSPS) is 23.1. The SMILES string of the molecule is Cc1ccccc1[C@@H]1C[C@H]1C(=O)Nc1nccnc1C1CC1. The van der Waals surface area contributed by atoms with E-state index in [1.54, 1.807) is 12.4 Å². The molecule has 0 saturated heterocycles. The quantitative estimate of drug-likeness (QED) is 0.940. The largest absolute Gasteiger partial charge is 0.309 e. The van der Waals surface area contributed by atoms with E-state index in [1.165, 1.54) is 11.1 Å². The van der Waals surface area contributed by atoms with Gasteiger partial charge in [0.15, 0.2) is 5.82 Å². The Labute approximate surface area is 130 Å². The zero-order valence-electron chi connectivity index (χ0n) is 12.6. The molecule has 2 aromatic rings. The summed E-state index contributed by atoms with van der Waals surface area (Å²) < 4.78 is 0. The van der Waals surface area contributed by atoms with E-state index in [4.69, 9.17) is 0 Å². The number of carbonyl (C=O) groups is 1. The van der Waals surface area contributed by atoms with Crippen LogP contribution in [0.1, 0.15) is 47.9 Å². The summed E-state index contributed by atoms with van der Waals surface area (Å²) >= 11 is 0. The Balaban J connectivity index is 1.47. The zero-order valence-corrected chi connectivity index (χ0v) is 12.6. The number of benzene rings is 1. The van der Waals surface area contributed by atoms with Crippen molar-refractivity contribution in [3.05, 3.63) is 53.5 Å². The van der Waals surface area contributed by atoms with Crippen molar-refractivity contribution < 1.29 is 4.79 Å². The average molecular weight is 293 g/mol. The lowest BCUT2D eigenvalue weighted by molar-refractivity contribution is -0.117. The zero-order chi connectivity index (χ0) is 15.1. The molecule has 4 nitrogen and oxygen atoms in total. The third kappa shape index (κ3) is 2.49. The topological polar surface area (TPSA) is 54.9 Å². The molecule has 1 amide bonds. The van der Waals surface area contributed by atoms with Gasteiger partial charge < -0.3 is 5.32 Å². The van der Waals surface area contributed by atoms with Crippen LogP contribution in [0.4, 0.5) is 5.82 Å². The third-order valence-electron chi connectivity index (χ3n) is 4.65. The molecule has 2 aliphatic carbocycles. The molecule has 2 saturated carbocycles. The number of nitrogens with zero attached hydrogens (tertiary/aromatic N) is 2. The van der Waals surface area contributed by atoms with E-state index in [1.807, 2.05) is 12.1 Å². The highest BCUT2D eigenvalue weighted by Crippen LogP contribution is 2.49. The molecule has 2 aliphatic rings. The predicted molar refractivity (Wildman–Crippen MR) is 84.7 cm³/mol. The van der Waals surface area contributed by atoms with Crippen molar-refractivity contribution in [1.29, 1.82) is 0 Å². The Morgan fingerprint density at radius 3 is 2.73 bits per heavy atom. The lowest BCUT2D eigenvalue weighted by Crippen LogP contribution is -2.17. The minimum atomic E-state index is 0.0650. The number of hydrogen-bond donors (Lipinski definition) is 1. The van der Waals surface area contributed by atoms with Crippen LogP contribution in [-0.2, 0) is 4.79 Å². The van der Waals surface area contributed by atoms with Gasteiger partial charge in [0, 0.05) is 24.2 Å². The van der Waals surface area contributed by atoms with Crippen LogP contribution in [0, 0.1) is 12.8 Å². The molecule has 4 heteroatoms. The summed E-state index contributed by atoms with van der Waals surface area (Å²) in [4.78, 5) is 21.2. The van der Waals surface area contributed by atoms with Crippen molar-refractivity contribution in [2.24, 2.45) is 5.92 Å². The summed E-state index contributed by atoms with van der Waals surface area (Å²) in [6, 6.07) is 8.32. The lowest BCUT2D eigenvalue weighted by atomic mass is 10.0. The maximum atomic E-state index is 12.5. The minimum absolute atomic E-state index is 0.0650. The third-order valence-corrected chi connectivity index (χ3v) is 4.65. The fourth-order valence-electron chi connectivity index (χ4n) is 3.14. The van der Waals surface area contributed by atoms with Crippen LogP contribution in [0.3, 0.4) is 0 Å². The first kappa shape index (κ1) is 13.4. The van der Waals surface area contributed by atoms with Gasteiger partial charge in [-0.2, -0.15) is 0 Å². The molecule has 0 radical (unpaired) electrons. The summed E-state index contributed by atoms with van der Waals surface area (Å²) in [5.41, 5.74) is 3.51. The van der Waals surface area contributed by atoms with Crippen LogP contribution in [0.5, 0.6) is 0 Å². The summed E-state index contributed by atoms with van der Waals surface area (Å²) in [6.07, 6.45) is 6.58. The summed E-state index contributed by atoms with van der Waals surface area (Å²) in [7, 11) is 0. The maximum Gasteiger partial charge on any atom is 0.229 e. The van der Waals surface area contributed by atoms with Crippen molar-refractivity contribution in [3.8, 4) is 0 Å². The first-order chi connectivity index (χ1) is 10.7. The fourth-order valence-corrected chi connectivity index (χ4v) is 3.14. The second-order valence-electron chi connectivity index (χ2n) is 6.36. The van der Waals surface area contributed by atoms with E-state index in [-0.39, 0.29) is 11.8 Å². The summed E-state index contributed by atoms with van der Waals surface area (Å²) in [5.74, 6) is 1.63. The first-order valence-electron chi connectivity index (χ1n) is 7.91. The standard InChI is InChI=1S/C18H19N3O/c1-11-4-2-3-5-13(11)14-10-15(14)18(22)21-17-16(12-6-7-12)19-8-9-20-17/h2-5,8-9,12,14-15H,6-7,10H2,1H3,(H,20,21,22)/t14-,15+/m0/s1. The molecule has 0 aliphatic heterocycles. The Morgan fingerprint density at radius 2 is 1.95 bits per heavy atom. The van der Waals surface area contributed by atoms with E-state index >= 15 is 0 Å². The van der Waals surface area contributed by atoms with E-state index < -0.39 is 0 Å². The highest BCUT2D eigenvalue weighted by Gasteiger charge is 2.45. The number of aryl methyl sites for hydroxylation is 1. The van der Waals surface area contributed by atoms with Gasteiger partial charge in [-0.05, 0) is 43.2 Å². The number of amides is 1. The number of aromatic nitrogens is 2. The summed E-state index contributed by atoms with van der Waals surface area (Å²) in [5, 5.41) is 3.00. The van der Waals surface area contributed by atoms with E-state index in [9.17, 15) is 4.79 Å². The molecular weight excluding hydrogens is 274 g/mol. The van der Waals surface area contributed by atoms with Crippen LogP contribution in [0.25, 0.3) is 0 Å². The van der Waals surface area contributed by atoms with Crippen molar-refractivity contribution in [2.75, 3.05) is 5.32 Å². The second kappa shape index (κ2) is 5.20. The Hall–Kier alpha value is -2.23. The monoisotopic (exact) mass is 293 g/mol. The van der Waals surface area contributed by atoms with Gasteiger partial charge in [0.2, 0.25) is 5.91 Å². The molecule has 22 heavy (non-hydrogen) atoms. The summed E-state index contributed by atoms with van der Waals surface area (Å²) in [6.45, 7) is 2.11. The van der Waals surface area contributed by atoms with Crippen molar-refractivity contribution in [1.82, 2.24) is 9.97 Å². The molecule has 112 valence electrons. The van der Waals surface area contributed by atoms with Crippen molar-refractivity contribution >= 4 is 11.7 Å². The Bertz CT molecular complexity index is 724. The Morgan fingerprint density at radius 1 is 1.18 bits per heavy atom. The number of hydrogen-bond acceptors (Lipinski definition) is 3. The van der Waals surface area contributed by atoms with Gasteiger partial charge in [-0.1, -0.05) is 24.3 Å². The van der Waals surface area contributed by atoms with Crippen LogP contribution < -0.4 is 5.32 Å². The maximum absolute atomic E-state index is 12.5. The molecule has 1 aromatic carbocycles. The first-order valence-corrected chi connectivity index (χ1v) is 7.91. The van der Waals surface area contributed by atoms with Crippen LogP contribution >= 0.6 is 0 Å². The van der Waals surface area contributed by atoms with Gasteiger partial charge in [-0.3, -0.25) is 9.78 Å². The molecule has 0 bridgehead atoms. The smallest absolute Gasteiger partial charge is 0.229 e. The van der Waals surface area contributed by atoms with Crippen molar-refractivity contribution in [3.63, 3.8) is 0 Å². The molecule has 0 spiro atoms. The lowest BCUT2D eigenvalue weighted by Gasteiger charge is -2.08. The molecule has 1 N–H and O–H groups in total. The van der Waals surface area contributed by atoms with Gasteiger partial charge >= 0.3 is 0 Å². The Kier molecular flexibility index (Phi) is 3.17.